The Morgan fingerprint density at radius 1 is 0.737 bits per heavy atom. The van der Waals surface area contributed by atoms with Gasteiger partial charge in [-0.05, 0) is 12.1 Å². The molecule has 0 saturated carbocycles. The molecule has 4 heteroatoms. The summed E-state index contributed by atoms with van der Waals surface area (Å²) < 4.78 is 15.9. The first-order valence-corrected chi connectivity index (χ1v) is 5.90. The van der Waals surface area contributed by atoms with Gasteiger partial charge in [-0.3, -0.25) is 0 Å². The molecule has 0 unspecified atom stereocenters. The van der Waals surface area contributed by atoms with E-state index in [-0.39, 0.29) is 0 Å². The Morgan fingerprint density at radius 2 is 1.32 bits per heavy atom. The molecule has 0 heterocycles. The quantitative estimate of drug-likeness (QED) is 0.892. The predicted molar refractivity (Wildman–Crippen MR) is 75.8 cm³/mol. The number of nitrogens with one attached hydrogen (secondary N) is 1. The number of benzene rings is 2. The molecule has 19 heavy (non-hydrogen) atoms. The Morgan fingerprint density at radius 3 is 1.79 bits per heavy atom. The van der Waals surface area contributed by atoms with Gasteiger partial charge in [-0.25, -0.2) is 0 Å². The second-order valence-electron chi connectivity index (χ2n) is 3.91. The third kappa shape index (κ3) is 2.91. The Bertz CT molecular complexity index is 515. The molecule has 1 N–H and O–H groups in total. The molecule has 0 aromatic heterocycles. The van der Waals surface area contributed by atoms with Crippen molar-refractivity contribution in [2.24, 2.45) is 0 Å². The van der Waals surface area contributed by atoms with E-state index >= 15 is 0 Å². The molecule has 2 aromatic rings. The topological polar surface area (TPSA) is 39.7 Å². The number of anilines is 2. The van der Waals surface area contributed by atoms with Crippen LogP contribution in [0.4, 0.5) is 11.4 Å². The Labute approximate surface area is 112 Å². The minimum Gasteiger partial charge on any atom is -0.493 e. The first-order valence-electron chi connectivity index (χ1n) is 5.90. The Kier molecular flexibility index (Phi) is 4.13. The van der Waals surface area contributed by atoms with Gasteiger partial charge in [-0.2, -0.15) is 0 Å². The summed E-state index contributed by atoms with van der Waals surface area (Å²) in [5.74, 6) is 1.84. The summed E-state index contributed by atoms with van der Waals surface area (Å²) in [6.45, 7) is 0. The van der Waals surface area contributed by atoms with Crippen molar-refractivity contribution < 1.29 is 14.2 Å². The van der Waals surface area contributed by atoms with E-state index < -0.39 is 0 Å². The van der Waals surface area contributed by atoms with Crippen LogP contribution < -0.4 is 19.5 Å². The van der Waals surface area contributed by atoms with E-state index in [2.05, 4.69) is 5.32 Å². The number of methoxy groups -OCH3 is 3. The Balaban J connectivity index is 2.36. The fourth-order valence-corrected chi connectivity index (χ4v) is 1.84. The smallest absolute Gasteiger partial charge is 0.203 e. The second kappa shape index (κ2) is 6.00. The van der Waals surface area contributed by atoms with Gasteiger partial charge in [0.05, 0.1) is 21.3 Å². The fraction of sp³-hybridized carbons (Fsp3) is 0.200. The SMILES string of the molecule is COc1cc(Nc2ccccc2)cc(OC)c1OC. The zero-order chi connectivity index (χ0) is 13.7. The van der Waals surface area contributed by atoms with Crippen molar-refractivity contribution in [1.82, 2.24) is 0 Å². The van der Waals surface area contributed by atoms with Crippen molar-refractivity contribution in [3.63, 3.8) is 0 Å². The summed E-state index contributed by atoms with van der Waals surface area (Å²) in [7, 11) is 4.79. The number of rotatable bonds is 5. The van der Waals surface area contributed by atoms with Crippen LogP contribution in [0.2, 0.25) is 0 Å². The van der Waals surface area contributed by atoms with Crippen molar-refractivity contribution in [2.45, 2.75) is 0 Å². The summed E-state index contributed by atoms with van der Waals surface area (Å²) >= 11 is 0. The molecular weight excluding hydrogens is 242 g/mol. The number of hydrogen-bond donors (Lipinski definition) is 1. The molecule has 0 amide bonds. The molecule has 2 aromatic carbocycles. The first kappa shape index (κ1) is 13.1. The lowest BCUT2D eigenvalue weighted by atomic mass is 10.2. The minimum absolute atomic E-state index is 0.587. The second-order valence-corrected chi connectivity index (χ2v) is 3.91. The number of para-hydroxylation sites is 1. The van der Waals surface area contributed by atoms with Crippen LogP contribution in [0.25, 0.3) is 0 Å². The van der Waals surface area contributed by atoms with Crippen LogP contribution in [-0.2, 0) is 0 Å². The number of ether oxygens (including phenoxy) is 3. The summed E-state index contributed by atoms with van der Waals surface area (Å²) in [4.78, 5) is 0. The van der Waals surface area contributed by atoms with Gasteiger partial charge in [-0.15, -0.1) is 0 Å². The molecule has 100 valence electrons. The maximum atomic E-state index is 5.31. The van der Waals surface area contributed by atoms with Crippen LogP contribution in [0.15, 0.2) is 42.5 Å². The normalized spacial score (nSPS) is 9.84. The molecule has 0 aliphatic carbocycles. The maximum Gasteiger partial charge on any atom is 0.203 e. The summed E-state index contributed by atoms with van der Waals surface area (Å²) in [6, 6.07) is 13.6. The molecule has 0 aliphatic rings. The van der Waals surface area contributed by atoms with Crippen molar-refractivity contribution in [3.05, 3.63) is 42.5 Å². The summed E-state index contributed by atoms with van der Waals surface area (Å²) in [6.07, 6.45) is 0. The highest BCUT2D eigenvalue weighted by Gasteiger charge is 2.13. The van der Waals surface area contributed by atoms with Crippen LogP contribution in [0.3, 0.4) is 0 Å². The summed E-state index contributed by atoms with van der Waals surface area (Å²) in [5.41, 5.74) is 1.87. The van der Waals surface area contributed by atoms with Crippen LogP contribution in [0.1, 0.15) is 0 Å². The molecule has 4 nitrogen and oxygen atoms in total. The lowest BCUT2D eigenvalue weighted by Crippen LogP contribution is -1.97. The highest BCUT2D eigenvalue weighted by Crippen LogP contribution is 2.40. The average Bonchev–Trinajstić information content (AvgIpc) is 2.47. The molecule has 2 rings (SSSR count). The highest BCUT2D eigenvalue weighted by molar-refractivity contribution is 5.67. The molecule has 0 fully saturated rings. The molecule has 0 saturated heterocycles. The summed E-state index contributed by atoms with van der Waals surface area (Å²) in [5, 5.41) is 3.29. The zero-order valence-corrected chi connectivity index (χ0v) is 11.3. The van der Waals surface area contributed by atoms with Gasteiger partial charge >= 0.3 is 0 Å². The molecular formula is C15H17NO3. The van der Waals surface area contributed by atoms with Gasteiger partial charge in [0.1, 0.15) is 0 Å². The van der Waals surface area contributed by atoms with E-state index in [0.29, 0.717) is 17.2 Å². The molecule has 0 aliphatic heterocycles. The highest BCUT2D eigenvalue weighted by atomic mass is 16.5. The molecule has 0 bridgehead atoms. The van der Waals surface area contributed by atoms with Crippen LogP contribution >= 0.6 is 0 Å². The van der Waals surface area contributed by atoms with Crippen molar-refractivity contribution in [2.75, 3.05) is 26.6 Å². The predicted octanol–water partition coefficient (Wildman–Crippen LogP) is 3.46. The van der Waals surface area contributed by atoms with E-state index in [9.17, 15) is 0 Å². The molecule has 0 radical (unpaired) electrons. The van der Waals surface area contributed by atoms with E-state index in [0.717, 1.165) is 11.4 Å². The van der Waals surface area contributed by atoms with E-state index in [1.807, 2.05) is 42.5 Å². The van der Waals surface area contributed by atoms with E-state index in [4.69, 9.17) is 14.2 Å². The monoisotopic (exact) mass is 259 g/mol. The van der Waals surface area contributed by atoms with Gasteiger partial charge < -0.3 is 19.5 Å². The third-order valence-electron chi connectivity index (χ3n) is 2.73. The van der Waals surface area contributed by atoms with Gasteiger partial charge in [0.25, 0.3) is 0 Å². The van der Waals surface area contributed by atoms with Crippen LogP contribution in [0, 0.1) is 0 Å². The maximum absolute atomic E-state index is 5.31. The van der Waals surface area contributed by atoms with Gasteiger partial charge in [0, 0.05) is 23.5 Å². The van der Waals surface area contributed by atoms with Gasteiger partial charge in [-0.1, -0.05) is 18.2 Å². The standard InChI is InChI=1S/C15H17NO3/c1-17-13-9-12(10-14(18-2)15(13)19-3)16-11-7-5-4-6-8-11/h4-10,16H,1-3H3. The van der Waals surface area contributed by atoms with Crippen LogP contribution in [0.5, 0.6) is 17.2 Å². The zero-order valence-electron chi connectivity index (χ0n) is 11.3. The average molecular weight is 259 g/mol. The largest absolute Gasteiger partial charge is 0.493 e. The van der Waals surface area contributed by atoms with Gasteiger partial charge in [0.15, 0.2) is 11.5 Å². The van der Waals surface area contributed by atoms with E-state index in [1.165, 1.54) is 0 Å². The van der Waals surface area contributed by atoms with Crippen molar-refractivity contribution in [1.29, 1.82) is 0 Å². The fourth-order valence-electron chi connectivity index (χ4n) is 1.84. The van der Waals surface area contributed by atoms with Gasteiger partial charge in [0.2, 0.25) is 5.75 Å². The van der Waals surface area contributed by atoms with E-state index in [1.54, 1.807) is 21.3 Å². The minimum atomic E-state index is 0.587. The van der Waals surface area contributed by atoms with Crippen molar-refractivity contribution in [3.8, 4) is 17.2 Å². The van der Waals surface area contributed by atoms with Crippen LogP contribution in [-0.4, -0.2) is 21.3 Å². The molecule has 0 spiro atoms. The Hall–Kier alpha value is -2.36. The third-order valence-corrected chi connectivity index (χ3v) is 2.73. The van der Waals surface area contributed by atoms with Crippen molar-refractivity contribution >= 4 is 11.4 Å². The number of hydrogen-bond acceptors (Lipinski definition) is 4. The first-order chi connectivity index (χ1) is 9.28. The lowest BCUT2D eigenvalue weighted by Gasteiger charge is -2.15. The molecule has 0 atom stereocenters. The lowest BCUT2D eigenvalue weighted by molar-refractivity contribution is 0.324.